The first-order valence-corrected chi connectivity index (χ1v) is 15.2. The van der Waals surface area contributed by atoms with Crippen LogP contribution in [-0.4, -0.2) is 44.6 Å². The largest absolute Gasteiger partial charge is 0.455 e. The molecule has 0 spiro atoms. The molecule has 0 radical (unpaired) electrons. The van der Waals surface area contributed by atoms with Crippen molar-refractivity contribution in [1.29, 1.82) is 0 Å². The molecule has 0 saturated carbocycles. The number of carbonyl (C=O) groups is 1. The van der Waals surface area contributed by atoms with Crippen LogP contribution >= 0.6 is 11.3 Å². The molecule has 40 heavy (non-hydrogen) atoms. The Hall–Kier alpha value is -4.41. The van der Waals surface area contributed by atoms with Crippen LogP contribution in [0.5, 0.6) is 0 Å². The van der Waals surface area contributed by atoms with Crippen LogP contribution in [0.2, 0.25) is 0 Å². The van der Waals surface area contributed by atoms with Crippen molar-refractivity contribution >= 4 is 54.8 Å². The summed E-state index contributed by atoms with van der Waals surface area (Å²) >= 11 is 1.45. The van der Waals surface area contributed by atoms with Gasteiger partial charge in [0.2, 0.25) is 10.0 Å². The number of fused-ring (bicyclic) bond motifs is 2. The van der Waals surface area contributed by atoms with Crippen molar-refractivity contribution in [3.8, 4) is 33.3 Å². The van der Waals surface area contributed by atoms with Crippen molar-refractivity contribution in [2.45, 2.75) is 6.92 Å². The van der Waals surface area contributed by atoms with Crippen LogP contribution in [0, 0.1) is 6.92 Å². The summed E-state index contributed by atoms with van der Waals surface area (Å²) in [6.07, 6.45) is 1.15. The lowest BCUT2D eigenvalue weighted by molar-refractivity contribution is 0.0964. The fraction of sp³-hybridized carbons (Fsp3) is 0.133. The average Bonchev–Trinajstić information content (AvgIpc) is 3.67. The Kier molecular flexibility index (Phi) is 6.24. The van der Waals surface area contributed by atoms with Gasteiger partial charge in [-0.1, -0.05) is 48.0 Å². The number of amides is 1. The number of furan rings is 1. The predicted octanol–water partition coefficient (Wildman–Crippen LogP) is 6.44. The molecule has 202 valence electrons. The number of nitrogens with one attached hydrogen (secondary N) is 2. The first-order chi connectivity index (χ1) is 19.1. The van der Waals surface area contributed by atoms with Gasteiger partial charge in [-0.3, -0.25) is 9.10 Å². The monoisotopic (exact) mass is 570 g/mol. The van der Waals surface area contributed by atoms with E-state index in [0.717, 1.165) is 39.0 Å². The van der Waals surface area contributed by atoms with Gasteiger partial charge in [0.15, 0.2) is 0 Å². The Morgan fingerprint density at radius 3 is 2.52 bits per heavy atom. The molecule has 0 unspecified atom stereocenters. The van der Waals surface area contributed by atoms with E-state index >= 15 is 0 Å². The zero-order valence-electron chi connectivity index (χ0n) is 22.3. The molecule has 0 saturated heterocycles. The molecule has 6 aromatic rings. The average molecular weight is 571 g/mol. The lowest BCUT2D eigenvalue weighted by atomic mass is 10.0. The zero-order valence-corrected chi connectivity index (χ0v) is 23.9. The second kappa shape index (κ2) is 9.65. The molecule has 8 nitrogen and oxygen atoms in total. The lowest BCUT2D eigenvalue weighted by Gasteiger charge is -2.19. The van der Waals surface area contributed by atoms with E-state index in [1.54, 1.807) is 19.2 Å². The number of H-pyrrole nitrogens is 1. The minimum atomic E-state index is -3.62. The van der Waals surface area contributed by atoms with Gasteiger partial charge < -0.3 is 14.7 Å². The number of thiazole rings is 1. The summed E-state index contributed by atoms with van der Waals surface area (Å²) in [6, 6.07) is 21.2. The number of aryl methyl sites for hydroxylation is 1. The maximum atomic E-state index is 13.2. The Labute approximate surface area is 235 Å². The van der Waals surface area contributed by atoms with Crippen molar-refractivity contribution in [2.75, 3.05) is 24.7 Å². The standard InChI is InChI=1S/C30H26N4O4S2/c1-17-9-11-18(12-10-17)28-27(29(35)31-2)21-14-20(25(15-26(21)38-28)34(3)40(4,36)37)24-16-39-30(33-24)23-13-19-7-5-6-8-22(19)32-23/h5-16,32H,1-4H3,(H,31,35). The summed E-state index contributed by atoms with van der Waals surface area (Å²) in [6.45, 7) is 1.99. The first-order valence-electron chi connectivity index (χ1n) is 12.5. The van der Waals surface area contributed by atoms with E-state index in [1.807, 2.05) is 66.9 Å². The number of aromatic nitrogens is 2. The Morgan fingerprint density at radius 2 is 1.82 bits per heavy atom. The van der Waals surface area contributed by atoms with Crippen molar-refractivity contribution in [2.24, 2.45) is 0 Å². The Balaban J connectivity index is 1.58. The van der Waals surface area contributed by atoms with Crippen LogP contribution in [-0.2, 0) is 10.0 Å². The third kappa shape index (κ3) is 4.44. The highest BCUT2D eigenvalue weighted by Gasteiger charge is 2.26. The predicted molar refractivity (Wildman–Crippen MR) is 161 cm³/mol. The van der Waals surface area contributed by atoms with Gasteiger partial charge in [0.1, 0.15) is 16.4 Å². The van der Waals surface area contributed by atoms with Crippen LogP contribution < -0.4 is 9.62 Å². The van der Waals surface area contributed by atoms with Crippen LogP contribution in [0.25, 0.3) is 55.2 Å². The van der Waals surface area contributed by atoms with Gasteiger partial charge in [-0.15, -0.1) is 11.3 Å². The number of anilines is 1. The van der Waals surface area contributed by atoms with Crippen LogP contribution in [0.4, 0.5) is 5.69 Å². The number of benzene rings is 3. The lowest BCUT2D eigenvalue weighted by Crippen LogP contribution is -2.25. The molecule has 3 aromatic carbocycles. The van der Waals surface area contributed by atoms with Gasteiger partial charge in [0, 0.05) is 53.0 Å². The number of sulfonamides is 1. The number of aromatic amines is 1. The van der Waals surface area contributed by atoms with E-state index in [2.05, 4.69) is 10.3 Å². The van der Waals surface area contributed by atoms with E-state index < -0.39 is 10.0 Å². The highest BCUT2D eigenvalue weighted by atomic mass is 32.2. The second-order valence-electron chi connectivity index (χ2n) is 9.66. The van der Waals surface area contributed by atoms with Crippen LogP contribution in [0.1, 0.15) is 15.9 Å². The molecule has 10 heteroatoms. The van der Waals surface area contributed by atoms with Gasteiger partial charge in [-0.05, 0) is 25.1 Å². The molecule has 3 aromatic heterocycles. The normalized spacial score (nSPS) is 11.8. The fourth-order valence-electron chi connectivity index (χ4n) is 4.74. The number of hydrogen-bond acceptors (Lipinski definition) is 6. The molecule has 0 fully saturated rings. The molecule has 3 heterocycles. The van der Waals surface area contributed by atoms with E-state index in [-0.39, 0.29) is 5.91 Å². The van der Waals surface area contributed by atoms with Gasteiger partial charge >= 0.3 is 0 Å². The minimum absolute atomic E-state index is 0.304. The second-order valence-corrected chi connectivity index (χ2v) is 12.5. The maximum Gasteiger partial charge on any atom is 0.255 e. The third-order valence-electron chi connectivity index (χ3n) is 6.95. The van der Waals surface area contributed by atoms with E-state index in [1.165, 1.54) is 22.7 Å². The quantitative estimate of drug-likeness (QED) is 0.240. The summed E-state index contributed by atoms with van der Waals surface area (Å²) in [5, 5.41) is 7.01. The van der Waals surface area contributed by atoms with Crippen LogP contribution in [0.3, 0.4) is 0 Å². The molecule has 0 aliphatic heterocycles. The number of rotatable bonds is 6. The molecule has 6 rings (SSSR count). The summed E-state index contributed by atoms with van der Waals surface area (Å²) in [5.41, 5.74) is 6.03. The molecule has 0 aliphatic rings. The van der Waals surface area contributed by atoms with Crippen molar-refractivity contribution in [3.63, 3.8) is 0 Å². The molecule has 0 aliphatic carbocycles. The number of para-hydroxylation sites is 1. The van der Waals surface area contributed by atoms with Crippen molar-refractivity contribution in [3.05, 3.63) is 83.2 Å². The number of nitrogens with zero attached hydrogens (tertiary/aromatic N) is 2. The van der Waals surface area contributed by atoms with Crippen molar-refractivity contribution < 1.29 is 17.6 Å². The summed E-state index contributed by atoms with van der Waals surface area (Å²) < 4.78 is 32.8. The minimum Gasteiger partial charge on any atom is -0.455 e. The summed E-state index contributed by atoms with van der Waals surface area (Å²) in [5.74, 6) is 0.109. The SMILES string of the molecule is CNC(=O)c1c(-c2ccc(C)cc2)oc2cc(N(C)S(C)(=O)=O)c(-c3csc(-c4cc5ccccc5[nH]4)n3)cc12. The van der Waals surface area contributed by atoms with E-state index in [4.69, 9.17) is 9.40 Å². The van der Waals surface area contributed by atoms with E-state index in [9.17, 15) is 13.2 Å². The Bertz CT molecular complexity index is 1990. The summed E-state index contributed by atoms with van der Waals surface area (Å²) in [7, 11) is -0.553. The smallest absolute Gasteiger partial charge is 0.255 e. The molecule has 0 bridgehead atoms. The molecule has 2 N–H and O–H groups in total. The van der Waals surface area contributed by atoms with Crippen LogP contribution in [0.15, 0.2) is 76.5 Å². The highest BCUT2D eigenvalue weighted by Crippen LogP contribution is 2.42. The first kappa shape index (κ1) is 25.8. The Morgan fingerprint density at radius 1 is 1.07 bits per heavy atom. The van der Waals surface area contributed by atoms with Crippen molar-refractivity contribution in [1.82, 2.24) is 15.3 Å². The number of hydrogen-bond donors (Lipinski definition) is 2. The third-order valence-corrected chi connectivity index (χ3v) is 9.02. The topological polar surface area (TPSA) is 108 Å². The summed E-state index contributed by atoms with van der Waals surface area (Å²) in [4.78, 5) is 21.4. The zero-order chi connectivity index (χ0) is 28.2. The van der Waals surface area contributed by atoms with Gasteiger partial charge in [-0.2, -0.15) is 0 Å². The fourth-order valence-corrected chi connectivity index (χ4v) is 6.04. The van der Waals surface area contributed by atoms with Gasteiger partial charge in [0.25, 0.3) is 5.91 Å². The number of carbonyl (C=O) groups excluding carboxylic acids is 1. The molecular weight excluding hydrogens is 544 g/mol. The molecular formula is C30H26N4O4S2. The van der Waals surface area contributed by atoms with Gasteiger partial charge in [0.05, 0.1) is 28.9 Å². The molecule has 0 atom stereocenters. The molecule has 1 amide bonds. The maximum absolute atomic E-state index is 13.2. The highest BCUT2D eigenvalue weighted by molar-refractivity contribution is 7.92. The van der Waals surface area contributed by atoms with E-state index in [0.29, 0.717) is 39.2 Å². The van der Waals surface area contributed by atoms with Gasteiger partial charge in [-0.25, -0.2) is 13.4 Å².